The third kappa shape index (κ3) is 3.49. The first kappa shape index (κ1) is 12.4. The second-order valence-electron chi connectivity index (χ2n) is 3.72. The number of nitrogens with one attached hydrogen (secondary N) is 1. The van der Waals surface area contributed by atoms with E-state index in [4.69, 9.17) is 0 Å². The van der Waals surface area contributed by atoms with Gasteiger partial charge in [-0.3, -0.25) is 10.1 Å². The van der Waals surface area contributed by atoms with Crippen LogP contribution in [0.25, 0.3) is 0 Å². The summed E-state index contributed by atoms with van der Waals surface area (Å²) in [5.41, 5.74) is 0.0214. The summed E-state index contributed by atoms with van der Waals surface area (Å²) in [7, 11) is 0. The molecule has 1 heterocycles. The highest BCUT2D eigenvalue weighted by molar-refractivity contribution is 5.39. The van der Waals surface area contributed by atoms with Crippen molar-refractivity contribution in [1.82, 2.24) is 4.98 Å². The summed E-state index contributed by atoms with van der Waals surface area (Å²) in [6.45, 7) is 5.16. The Kier molecular flexibility index (Phi) is 4.69. The number of hydrogen-bond acceptors (Lipinski definition) is 4. The van der Waals surface area contributed by atoms with E-state index in [2.05, 4.69) is 24.1 Å². The molecule has 0 unspecified atom stereocenters. The number of hydrogen-bond donors (Lipinski definition) is 1. The molecule has 5 heteroatoms. The largest absolute Gasteiger partial charge is 0.370 e. The summed E-state index contributed by atoms with van der Waals surface area (Å²) in [5.74, 6) is 1.31. The predicted octanol–water partition coefficient (Wildman–Crippen LogP) is 2.84. The van der Waals surface area contributed by atoms with E-state index in [1.54, 1.807) is 6.07 Å². The third-order valence-electron chi connectivity index (χ3n) is 2.69. The van der Waals surface area contributed by atoms with Crippen LogP contribution in [-0.2, 0) is 0 Å². The van der Waals surface area contributed by atoms with Crippen molar-refractivity contribution < 1.29 is 4.92 Å². The van der Waals surface area contributed by atoms with Crippen LogP contribution in [0.2, 0.25) is 0 Å². The molecule has 0 bridgehead atoms. The van der Waals surface area contributed by atoms with Crippen molar-refractivity contribution >= 4 is 11.5 Å². The number of nitrogens with zero attached hydrogens (tertiary/aromatic N) is 2. The minimum absolute atomic E-state index is 0.0214. The standard InChI is InChI=1S/C11H17N3O2/c1-3-9(4-2)7-12-11-6-5-10(8-13-11)14(15)16/h5-6,8-9H,3-4,7H2,1-2H3,(H,12,13). The van der Waals surface area contributed by atoms with Gasteiger partial charge >= 0.3 is 0 Å². The van der Waals surface area contributed by atoms with Crippen molar-refractivity contribution in [3.8, 4) is 0 Å². The van der Waals surface area contributed by atoms with Gasteiger partial charge in [0.05, 0.1) is 4.92 Å². The van der Waals surface area contributed by atoms with Gasteiger partial charge < -0.3 is 5.32 Å². The van der Waals surface area contributed by atoms with Crippen molar-refractivity contribution in [3.05, 3.63) is 28.4 Å². The fourth-order valence-electron chi connectivity index (χ4n) is 1.42. The maximum atomic E-state index is 10.4. The van der Waals surface area contributed by atoms with E-state index in [1.807, 2.05) is 0 Å². The molecule has 16 heavy (non-hydrogen) atoms. The van der Waals surface area contributed by atoms with E-state index in [-0.39, 0.29) is 5.69 Å². The molecule has 0 saturated heterocycles. The van der Waals surface area contributed by atoms with Gasteiger partial charge in [-0.05, 0) is 12.0 Å². The molecule has 0 saturated carbocycles. The second-order valence-corrected chi connectivity index (χ2v) is 3.72. The highest BCUT2D eigenvalue weighted by atomic mass is 16.6. The predicted molar refractivity (Wildman–Crippen MR) is 63.5 cm³/mol. The highest BCUT2D eigenvalue weighted by Gasteiger charge is 2.06. The molecule has 0 radical (unpaired) electrons. The van der Waals surface area contributed by atoms with Gasteiger partial charge in [0.2, 0.25) is 0 Å². The fraction of sp³-hybridized carbons (Fsp3) is 0.545. The van der Waals surface area contributed by atoms with Gasteiger partial charge in [0, 0.05) is 12.6 Å². The van der Waals surface area contributed by atoms with E-state index in [0.29, 0.717) is 11.7 Å². The molecule has 0 spiro atoms. The van der Waals surface area contributed by atoms with Crippen molar-refractivity contribution in [3.63, 3.8) is 0 Å². The summed E-state index contributed by atoms with van der Waals surface area (Å²) >= 11 is 0. The molecule has 1 aromatic rings. The molecule has 0 aliphatic heterocycles. The molecule has 1 aromatic heterocycles. The molecule has 0 aliphatic carbocycles. The normalized spacial score (nSPS) is 10.4. The lowest BCUT2D eigenvalue weighted by molar-refractivity contribution is -0.385. The molecule has 1 N–H and O–H groups in total. The van der Waals surface area contributed by atoms with Gasteiger partial charge in [0.15, 0.2) is 0 Å². The Morgan fingerprint density at radius 2 is 2.12 bits per heavy atom. The fourth-order valence-corrected chi connectivity index (χ4v) is 1.42. The van der Waals surface area contributed by atoms with E-state index in [9.17, 15) is 10.1 Å². The van der Waals surface area contributed by atoms with E-state index in [1.165, 1.54) is 12.3 Å². The summed E-state index contributed by atoms with van der Waals surface area (Å²) in [4.78, 5) is 14.0. The summed E-state index contributed by atoms with van der Waals surface area (Å²) in [5, 5.41) is 13.6. The zero-order valence-corrected chi connectivity index (χ0v) is 9.64. The highest BCUT2D eigenvalue weighted by Crippen LogP contribution is 2.13. The van der Waals surface area contributed by atoms with Crippen molar-refractivity contribution in [2.45, 2.75) is 26.7 Å². The quantitative estimate of drug-likeness (QED) is 0.594. The van der Waals surface area contributed by atoms with Crippen LogP contribution in [0.3, 0.4) is 0 Å². The van der Waals surface area contributed by atoms with Gasteiger partial charge in [-0.1, -0.05) is 26.7 Å². The molecule has 0 fully saturated rings. The number of pyridine rings is 1. The van der Waals surface area contributed by atoms with Crippen LogP contribution in [0.1, 0.15) is 26.7 Å². The SMILES string of the molecule is CCC(CC)CNc1ccc([N+](=O)[O-])cn1. The zero-order valence-electron chi connectivity index (χ0n) is 9.64. The Labute approximate surface area is 95.0 Å². The summed E-state index contributed by atoms with van der Waals surface area (Å²) < 4.78 is 0. The Balaban J connectivity index is 2.52. The Morgan fingerprint density at radius 3 is 2.56 bits per heavy atom. The first-order valence-electron chi connectivity index (χ1n) is 5.51. The minimum Gasteiger partial charge on any atom is -0.370 e. The number of rotatable bonds is 6. The van der Waals surface area contributed by atoms with E-state index < -0.39 is 4.92 Å². The van der Waals surface area contributed by atoms with Gasteiger partial charge in [-0.15, -0.1) is 0 Å². The molecular weight excluding hydrogens is 206 g/mol. The molecule has 0 aliphatic rings. The van der Waals surface area contributed by atoms with Crippen LogP contribution in [0.4, 0.5) is 11.5 Å². The maximum absolute atomic E-state index is 10.4. The van der Waals surface area contributed by atoms with Crippen LogP contribution < -0.4 is 5.32 Å². The van der Waals surface area contributed by atoms with Crippen LogP contribution in [0, 0.1) is 16.0 Å². The first-order valence-corrected chi connectivity index (χ1v) is 5.51. The topological polar surface area (TPSA) is 68.1 Å². The van der Waals surface area contributed by atoms with Gasteiger partial charge in [0.1, 0.15) is 12.0 Å². The van der Waals surface area contributed by atoms with Crippen molar-refractivity contribution in [1.29, 1.82) is 0 Å². The van der Waals surface area contributed by atoms with Crippen molar-refractivity contribution in [2.24, 2.45) is 5.92 Å². The number of nitro groups is 1. The summed E-state index contributed by atoms with van der Waals surface area (Å²) in [6.07, 6.45) is 3.52. The molecule has 1 rings (SSSR count). The van der Waals surface area contributed by atoms with E-state index >= 15 is 0 Å². The zero-order chi connectivity index (χ0) is 12.0. The average Bonchev–Trinajstić information content (AvgIpc) is 2.31. The monoisotopic (exact) mass is 223 g/mol. The van der Waals surface area contributed by atoms with E-state index in [0.717, 1.165) is 19.4 Å². The Bertz CT molecular complexity index is 334. The van der Waals surface area contributed by atoms with Crippen molar-refractivity contribution in [2.75, 3.05) is 11.9 Å². The average molecular weight is 223 g/mol. The first-order chi connectivity index (χ1) is 7.67. The smallest absolute Gasteiger partial charge is 0.287 e. The number of aromatic nitrogens is 1. The van der Waals surface area contributed by atoms with Crippen LogP contribution >= 0.6 is 0 Å². The van der Waals surface area contributed by atoms with Crippen LogP contribution in [0.5, 0.6) is 0 Å². The lowest BCUT2D eigenvalue weighted by Gasteiger charge is -2.13. The molecule has 5 nitrogen and oxygen atoms in total. The molecular formula is C11H17N3O2. The Morgan fingerprint density at radius 1 is 1.44 bits per heavy atom. The maximum Gasteiger partial charge on any atom is 0.287 e. The lowest BCUT2D eigenvalue weighted by Crippen LogP contribution is -2.13. The molecule has 88 valence electrons. The number of anilines is 1. The Hall–Kier alpha value is -1.65. The van der Waals surface area contributed by atoms with Gasteiger partial charge in [0.25, 0.3) is 5.69 Å². The van der Waals surface area contributed by atoms with Crippen LogP contribution in [0.15, 0.2) is 18.3 Å². The second kappa shape index (κ2) is 6.05. The molecule has 0 aromatic carbocycles. The third-order valence-corrected chi connectivity index (χ3v) is 2.69. The van der Waals surface area contributed by atoms with Gasteiger partial charge in [-0.2, -0.15) is 0 Å². The lowest BCUT2D eigenvalue weighted by atomic mass is 10.0. The summed E-state index contributed by atoms with van der Waals surface area (Å²) in [6, 6.07) is 3.10. The van der Waals surface area contributed by atoms with Gasteiger partial charge in [-0.25, -0.2) is 4.98 Å². The molecule has 0 amide bonds. The molecule has 0 atom stereocenters. The minimum atomic E-state index is -0.447. The van der Waals surface area contributed by atoms with Crippen LogP contribution in [-0.4, -0.2) is 16.5 Å².